The highest BCUT2D eigenvalue weighted by Gasteiger charge is 2.17. The molecule has 6 heteroatoms. The maximum absolute atomic E-state index is 12.5. The van der Waals surface area contributed by atoms with Gasteiger partial charge >= 0.3 is 5.97 Å². The molecule has 27 heavy (non-hydrogen) atoms. The average Bonchev–Trinajstić information content (AvgIpc) is 2.71. The van der Waals surface area contributed by atoms with E-state index in [0.717, 1.165) is 11.1 Å². The van der Waals surface area contributed by atoms with E-state index in [0.29, 0.717) is 42.9 Å². The second kappa shape index (κ2) is 10.2. The topological polar surface area (TPSA) is 73.9 Å². The molecule has 0 bridgehead atoms. The Labute approximate surface area is 159 Å². The van der Waals surface area contributed by atoms with Gasteiger partial charge in [0.15, 0.2) is 0 Å². The normalized spacial score (nSPS) is 10.2. The Balaban J connectivity index is 1.89. The highest BCUT2D eigenvalue weighted by atomic mass is 16.5. The van der Waals surface area contributed by atoms with Crippen molar-refractivity contribution in [1.82, 2.24) is 5.32 Å². The Morgan fingerprint density at radius 1 is 0.852 bits per heavy atom. The molecule has 0 aromatic heterocycles. The van der Waals surface area contributed by atoms with Crippen LogP contribution >= 0.6 is 0 Å². The maximum atomic E-state index is 12.5. The third kappa shape index (κ3) is 5.74. The molecule has 144 valence electrons. The number of aryl methyl sites for hydroxylation is 1. The predicted molar refractivity (Wildman–Crippen MR) is 102 cm³/mol. The molecule has 0 aliphatic carbocycles. The Hall–Kier alpha value is -3.02. The molecule has 0 fully saturated rings. The molecule has 0 aliphatic heterocycles. The van der Waals surface area contributed by atoms with Gasteiger partial charge in [-0.1, -0.05) is 30.3 Å². The van der Waals surface area contributed by atoms with Gasteiger partial charge in [-0.25, -0.2) is 0 Å². The molecule has 1 N–H and O–H groups in total. The summed E-state index contributed by atoms with van der Waals surface area (Å²) in [4.78, 5) is 23.7. The van der Waals surface area contributed by atoms with Crippen LogP contribution in [0.3, 0.4) is 0 Å². The van der Waals surface area contributed by atoms with Crippen molar-refractivity contribution in [3.05, 3.63) is 59.2 Å². The molecule has 6 nitrogen and oxygen atoms in total. The van der Waals surface area contributed by atoms with Gasteiger partial charge in [0.05, 0.1) is 21.3 Å². The van der Waals surface area contributed by atoms with E-state index in [1.807, 2.05) is 24.3 Å². The van der Waals surface area contributed by atoms with Gasteiger partial charge in [-0.15, -0.1) is 0 Å². The molecular formula is C21H25NO5. The van der Waals surface area contributed by atoms with Gasteiger partial charge in [-0.2, -0.15) is 0 Å². The van der Waals surface area contributed by atoms with Crippen LogP contribution in [0.15, 0.2) is 42.5 Å². The molecule has 2 rings (SSSR count). The standard InChI is InChI=1S/C21H25NO5/c1-25-17-5-4-6-18(26-2)20(17)21(24)22-14-13-16-9-7-15(8-10-16)11-12-19(23)27-3/h4-10H,11-14H2,1-3H3,(H,22,24). The summed E-state index contributed by atoms with van der Waals surface area (Å²) in [7, 11) is 4.43. The molecule has 0 saturated heterocycles. The molecule has 0 heterocycles. The first-order valence-corrected chi connectivity index (χ1v) is 8.72. The van der Waals surface area contributed by atoms with Crippen molar-refractivity contribution < 1.29 is 23.8 Å². The first-order valence-electron chi connectivity index (χ1n) is 8.72. The van der Waals surface area contributed by atoms with E-state index in [4.69, 9.17) is 9.47 Å². The summed E-state index contributed by atoms with van der Waals surface area (Å²) in [6.07, 6.45) is 1.71. The summed E-state index contributed by atoms with van der Waals surface area (Å²) in [5.74, 6) is 0.496. The van der Waals surface area contributed by atoms with Gasteiger partial charge in [-0.05, 0) is 36.1 Å². The molecule has 0 aliphatic rings. The lowest BCUT2D eigenvalue weighted by atomic mass is 10.1. The summed E-state index contributed by atoms with van der Waals surface area (Å²) in [5, 5.41) is 2.90. The second-order valence-corrected chi connectivity index (χ2v) is 5.94. The third-order valence-electron chi connectivity index (χ3n) is 4.22. The van der Waals surface area contributed by atoms with Crippen LogP contribution in [0, 0.1) is 0 Å². The number of methoxy groups -OCH3 is 3. The van der Waals surface area contributed by atoms with Crippen LogP contribution in [0.25, 0.3) is 0 Å². The minimum absolute atomic E-state index is 0.214. The van der Waals surface area contributed by atoms with Crippen molar-refractivity contribution in [2.45, 2.75) is 19.3 Å². The zero-order chi connectivity index (χ0) is 19.6. The van der Waals surface area contributed by atoms with Gasteiger partial charge < -0.3 is 19.5 Å². The first kappa shape index (κ1) is 20.3. The van der Waals surface area contributed by atoms with Gasteiger partial charge in [0.25, 0.3) is 5.91 Å². The van der Waals surface area contributed by atoms with Crippen LogP contribution in [-0.2, 0) is 22.4 Å². The van der Waals surface area contributed by atoms with E-state index < -0.39 is 0 Å². The van der Waals surface area contributed by atoms with Gasteiger partial charge in [-0.3, -0.25) is 9.59 Å². The minimum atomic E-state index is -0.237. The van der Waals surface area contributed by atoms with E-state index in [2.05, 4.69) is 10.1 Å². The number of hydrogen-bond acceptors (Lipinski definition) is 5. The summed E-state index contributed by atoms with van der Waals surface area (Å²) < 4.78 is 15.2. The van der Waals surface area contributed by atoms with Gasteiger partial charge in [0.2, 0.25) is 0 Å². The molecule has 2 aromatic rings. The van der Waals surface area contributed by atoms with Crippen molar-refractivity contribution in [3.63, 3.8) is 0 Å². The predicted octanol–water partition coefficient (Wildman–Crippen LogP) is 2.78. The second-order valence-electron chi connectivity index (χ2n) is 5.94. The SMILES string of the molecule is COC(=O)CCc1ccc(CCNC(=O)c2c(OC)cccc2OC)cc1. The molecule has 0 atom stereocenters. The van der Waals surface area contributed by atoms with Crippen LogP contribution in [0.5, 0.6) is 11.5 Å². The number of ether oxygens (including phenoxy) is 3. The van der Waals surface area contributed by atoms with E-state index in [1.165, 1.54) is 21.3 Å². The average molecular weight is 371 g/mol. The quantitative estimate of drug-likeness (QED) is 0.686. The van der Waals surface area contributed by atoms with E-state index >= 15 is 0 Å². The lowest BCUT2D eigenvalue weighted by molar-refractivity contribution is -0.140. The van der Waals surface area contributed by atoms with Crippen LogP contribution in [0.2, 0.25) is 0 Å². The van der Waals surface area contributed by atoms with Gasteiger partial charge in [0.1, 0.15) is 17.1 Å². The number of carbonyl (C=O) groups is 2. The van der Waals surface area contributed by atoms with Crippen LogP contribution in [-0.4, -0.2) is 39.8 Å². The van der Waals surface area contributed by atoms with Crippen LogP contribution < -0.4 is 14.8 Å². The van der Waals surface area contributed by atoms with Crippen molar-refractivity contribution in [2.24, 2.45) is 0 Å². The van der Waals surface area contributed by atoms with E-state index in [-0.39, 0.29) is 11.9 Å². The number of nitrogens with one attached hydrogen (secondary N) is 1. The summed E-state index contributed by atoms with van der Waals surface area (Å²) in [6.45, 7) is 0.488. The third-order valence-corrected chi connectivity index (χ3v) is 4.22. The molecule has 0 saturated carbocycles. The maximum Gasteiger partial charge on any atom is 0.305 e. The first-order chi connectivity index (χ1) is 13.1. The fourth-order valence-corrected chi connectivity index (χ4v) is 2.70. The number of esters is 1. The number of rotatable bonds is 9. The van der Waals surface area contributed by atoms with E-state index in [9.17, 15) is 9.59 Å². The fraction of sp³-hybridized carbons (Fsp3) is 0.333. The van der Waals surface area contributed by atoms with Crippen LogP contribution in [0.4, 0.5) is 0 Å². The van der Waals surface area contributed by atoms with Crippen molar-refractivity contribution >= 4 is 11.9 Å². The van der Waals surface area contributed by atoms with Gasteiger partial charge in [0, 0.05) is 13.0 Å². The van der Waals surface area contributed by atoms with Crippen LogP contribution in [0.1, 0.15) is 27.9 Å². The fourth-order valence-electron chi connectivity index (χ4n) is 2.70. The molecule has 0 unspecified atom stereocenters. The highest BCUT2D eigenvalue weighted by Crippen LogP contribution is 2.27. The minimum Gasteiger partial charge on any atom is -0.496 e. The number of benzene rings is 2. The summed E-state index contributed by atoms with van der Waals surface area (Å²) >= 11 is 0. The molecule has 2 aromatic carbocycles. The van der Waals surface area contributed by atoms with E-state index in [1.54, 1.807) is 18.2 Å². The largest absolute Gasteiger partial charge is 0.496 e. The van der Waals surface area contributed by atoms with Crippen molar-refractivity contribution in [2.75, 3.05) is 27.9 Å². The van der Waals surface area contributed by atoms with Crippen molar-refractivity contribution in [3.8, 4) is 11.5 Å². The lowest BCUT2D eigenvalue weighted by Gasteiger charge is -2.13. The Kier molecular flexibility index (Phi) is 7.67. The Morgan fingerprint density at radius 3 is 1.93 bits per heavy atom. The highest BCUT2D eigenvalue weighted by molar-refractivity contribution is 5.99. The smallest absolute Gasteiger partial charge is 0.305 e. The molecule has 0 spiro atoms. The lowest BCUT2D eigenvalue weighted by Crippen LogP contribution is -2.26. The zero-order valence-corrected chi connectivity index (χ0v) is 15.9. The Morgan fingerprint density at radius 2 is 1.41 bits per heavy atom. The molecular weight excluding hydrogens is 346 g/mol. The Bertz CT molecular complexity index is 748. The number of amides is 1. The summed E-state index contributed by atoms with van der Waals surface area (Å²) in [5.41, 5.74) is 2.57. The number of carbonyl (C=O) groups excluding carboxylic acids is 2. The van der Waals surface area contributed by atoms with Crippen molar-refractivity contribution in [1.29, 1.82) is 0 Å². The number of hydrogen-bond donors (Lipinski definition) is 1. The zero-order valence-electron chi connectivity index (χ0n) is 15.9. The summed E-state index contributed by atoms with van der Waals surface area (Å²) in [6, 6.07) is 13.2. The molecule has 0 radical (unpaired) electrons. The molecule has 1 amide bonds. The monoisotopic (exact) mass is 371 g/mol.